The van der Waals surface area contributed by atoms with Gasteiger partial charge in [0.2, 0.25) is 5.91 Å². The van der Waals surface area contributed by atoms with E-state index in [1.807, 2.05) is 23.1 Å². The van der Waals surface area contributed by atoms with Crippen molar-refractivity contribution < 1.29 is 14.7 Å². The van der Waals surface area contributed by atoms with Crippen LogP contribution in [-0.2, 0) is 9.59 Å². The van der Waals surface area contributed by atoms with Gasteiger partial charge in [-0.25, -0.2) is 0 Å². The molecule has 0 unspecified atom stereocenters. The Bertz CT molecular complexity index is 927. The number of hydrogen-bond acceptors (Lipinski definition) is 3. The molecule has 0 radical (unpaired) electrons. The maximum atomic E-state index is 13.3. The lowest BCUT2D eigenvalue weighted by Crippen LogP contribution is -2.53. The summed E-state index contributed by atoms with van der Waals surface area (Å²) in [5.41, 5.74) is 2.50. The van der Waals surface area contributed by atoms with Crippen LogP contribution in [0, 0.1) is 23.7 Å². The molecule has 31 heavy (non-hydrogen) atoms. The SMILES string of the molecule is O=C(O)[C@H]1[C@@H](C(=O)N2CCN(C(c3ccccc3)c3ccccc3)CC2)[C@H]2C=C[C@H]1C2. The second kappa shape index (κ2) is 8.31. The summed E-state index contributed by atoms with van der Waals surface area (Å²) in [6.45, 7) is 2.82. The molecule has 1 aliphatic heterocycles. The van der Waals surface area contributed by atoms with Crippen LogP contribution in [0.2, 0.25) is 0 Å². The number of rotatable bonds is 5. The lowest BCUT2D eigenvalue weighted by molar-refractivity contribution is -0.151. The summed E-state index contributed by atoms with van der Waals surface area (Å²) < 4.78 is 0. The average molecular weight is 417 g/mol. The minimum atomic E-state index is -0.831. The second-order valence-electron chi connectivity index (χ2n) is 8.92. The van der Waals surface area contributed by atoms with Gasteiger partial charge in [-0.2, -0.15) is 0 Å². The first kappa shape index (κ1) is 20.0. The van der Waals surface area contributed by atoms with Crippen molar-refractivity contribution in [2.45, 2.75) is 12.5 Å². The lowest BCUT2D eigenvalue weighted by Gasteiger charge is -2.41. The van der Waals surface area contributed by atoms with E-state index in [4.69, 9.17) is 0 Å². The van der Waals surface area contributed by atoms with Gasteiger partial charge in [-0.15, -0.1) is 0 Å². The number of allylic oxidation sites excluding steroid dienone is 2. The highest BCUT2D eigenvalue weighted by Gasteiger charge is 2.52. The summed E-state index contributed by atoms with van der Waals surface area (Å²) in [7, 11) is 0. The van der Waals surface area contributed by atoms with Crippen LogP contribution in [0.4, 0.5) is 0 Å². The highest BCUT2D eigenvalue weighted by Crippen LogP contribution is 2.49. The van der Waals surface area contributed by atoms with Crippen molar-refractivity contribution in [1.82, 2.24) is 9.80 Å². The van der Waals surface area contributed by atoms with Gasteiger partial charge in [0, 0.05) is 26.2 Å². The van der Waals surface area contributed by atoms with Gasteiger partial charge in [0.25, 0.3) is 0 Å². The molecule has 1 amide bonds. The maximum absolute atomic E-state index is 13.3. The molecule has 1 N–H and O–H groups in total. The van der Waals surface area contributed by atoms with Crippen molar-refractivity contribution in [2.75, 3.05) is 26.2 Å². The molecule has 2 bridgehead atoms. The van der Waals surface area contributed by atoms with Crippen molar-refractivity contribution in [3.05, 3.63) is 83.9 Å². The quantitative estimate of drug-likeness (QED) is 0.759. The molecule has 5 heteroatoms. The van der Waals surface area contributed by atoms with E-state index >= 15 is 0 Å². The van der Waals surface area contributed by atoms with E-state index in [1.165, 1.54) is 11.1 Å². The van der Waals surface area contributed by atoms with Crippen LogP contribution in [0.25, 0.3) is 0 Å². The zero-order valence-corrected chi connectivity index (χ0v) is 17.5. The number of amides is 1. The normalized spacial score (nSPS) is 27.7. The molecule has 160 valence electrons. The second-order valence-corrected chi connectivity index (χ2v) is 8.92. The van der Waals surface area contributed by atoms with Crippen LogP contribution in [0.5, 0.6) is 0 Å². The van der Waals surface area contributed by atoms with Gasteiger partial charge in [0.15, 0.2) is 0 Å². The number of hydrogen-bond donors (Lipinski definition) is 1. The highest BCUT2D eigenvalue weighted by molar-refractivity contribution is 5.87. The molecule has 3 aliphatic rings. The smallest absolute Gasteiger partial charge is 0.307 e. The molecule has 5 nitrogen and oxygen atoms in total. The first-order valence-electron chi connectivity index (χ1n) is 11.2. The predicted molar refractivity (Wildman–Crippen MR) is 118 cm³/mol. The summed E-state index contributed by atoms with van der Waals surface area (Å²) in [6.07, 6.45) is 4.86. The molecule has 2 aromatic carbocycles. The number of benzene rings is 2. The molecule has 2 aromatic rings. The molecule has 4 atom stereocenters. The topological polar surface area (TPSA) is 60.9 Å². The van der Waals surface area contributed by atoms with Gasteiger partial charge in [0.1, 0.15) is 0 Å². The van der Waals surface area contributed by atoms with E-state index in [9.17, 15) is 14.7 Å². The number of piperazine rings is 1. The first-order chi connectivity index (χ1) is 15.1. The number of fused-ring (bicyclic) bond motifs is 2. The van der Waals surface area contributed by atoms with Crippen LogP contribution in [-0.4, -0.2) is 53.0 Å². The van der Waals surface area contributed by atoms with Gasteiger partial charge < -0.3 is 10.0 Å². The third-order valence-electron chi connectivity index (χ3n) is 7.25. The Morgan fingerprint density at radius 3 is 1.81 bits per heavy atom. The zero-order valence-electron chi connectivity index (χ0n) is 17.5. The van der Waals surface area contributed by atoms with Gasteiger partial charge in [-0.05, 0) is 29.4 Å². The molecule has 5 rings (SSSR count). The van der Waals surface area contributed by atoms with Gasteiger partial charge in [-0.3, -0.25) is 14.5 Å². The standard InChI is InChI=1S/C26H28N2O3/c29-25(22-20-11-12-21(17-20)23(22)26(30)31)28-15-13-27(14-16-28)24(18-7-3-1-4-8-18)19-9-5-2-6-10-19/h1-12,20-24H,13-17H2,(H,30,31)/t20-,21-,22-,23+/m0/s1. The minimum absolute atomic E-state index is 0.0123. The highest BCUT2D eigenvalue weighted by atomic mass is 16.4. The van der Waals surface area contributed by atoms with E-state index in [2.05, 4.69) is 59.5 Å². The third kappa shape index (κ3) is 3.68. The maximum Gasteiger partial charge on any atom is 0.307 e. The number of aliphatic carboxylic acids is 1. The minimum Gasteiger partial charge on any atom is -0.481 e. The van der Waals surface area contributed by atoms with Crippen LogP contribution in [0.15, 0.2) is 72.8 Å². The number of carboxylic acid groups (broad SMARTS) is 1. The summed E-state index contributed by atoms with van der Waals surface area (Å²) in [5.74, 6) is -1.68. The number of carbonyl (C=O) groups excluding carboxylic acids is 1. The van der Waals surface area contributed by atoms with Crippen molar-refractivity contribution >= 4 is 11.9 Å². The van der Waals surface area contributed by atoms with Crippen molar-refractivity contribution in [2.24, 2.45) is 23.7 Å². The van der Waals surface area contributed by atoms with Crippen molar-refractivity contribution in [1.29, 1.82) is 0 Å². The first-order valence-corrected chi connectivity index (χ1v) is 11.2. The molecule has 2 fully saturated rings. The summed E-state index contributed by atoms with van der Waals surface area (Å²) in [5, 5.41) is 9.71. The van der Waals surface area contributed by atoms with Crippen LogP contribution in [0.3, 0.4) is 0 Å². The Morgan fingerprint density at radius 2 is 1.29 bits per heavy atom. The van der Waals surface area contributed by atoms with Gasteiger partial charge in [-0.1, -0.05) is 72.8 Å². The van der Waals surface area contributed by atoms with E-state index in [-0.39, 0.29) is 23.8 Å². The number of carboxylic acids is 1. The zero-order chi connectivity index (χ0) is 21.4. The van der Waals surface area contributed by atoms with Crippen LogP contribution < -0.4 is 0 Å². The van der Waals surface area contributed by atoms with Gasteiger partial charge in [0.05, 0.1) is 17.9 Å². The van der Waals surface area contributed by atoms with Crippen molar-refractivity contribution in [3.63, 3.8) is 0 Å². The van der Waals surface area contributed by atoms with E-state index in [1.54, 1.807) is 0 Å². The van der Waals surface area contributed by atoms with Crippen molar-refractivity contribution in [3.8, 4) is 0 Å². The summed E-state index contributed by atoms with van der Waals surface area (Å²) in [6, 6.07) is 21.1. The molecule has 1 saturated heterocycles. The molecule has 1 saturated carbocycles. The van der Waals surface area contributed by atoms with E-state index in [0.717, 1.165) is 19.5 Å². The Balaban J connectivity index is 1.32. The fourth-order valence-corrected chi connectivity index (χ4v) is 5.79. The molecular weight excluding hydrogens is 388 g/mol. The Kier molecular flexibility index (Phi) is 5.36. The Labute approximate surface area is 183 Å². The fourth-order valence-electron chi connectivity index (χ4n) is 5.79. The Morgan fingerprint density at radius 1 is 0.774 bits per heavy atom. The largest absolute Gasteiger partial charge is 0.481 e. The van der Waals surface area contributed by atoms with Gasteiger partial charge >= 0.3 is 5.97 Å². The molecule has 0 aromatic heterocycles. The van der Waals surface area contributed by atoms with E-state index < -0.39 is 17.8 Å². The summed E-state index contributed by atoms with van der Waals surface area (Å²) >= 11 is 0. The average Bonchev–Trinajstić information content (AvgIpc) is 3.43. The van der Waals surface area contributed by atoms with Crippen LogP contribution in [0.1, 0.15) is 23.6 Å². The Hall–Kier alpha value is -2.92. The van der Waals surface area contributed by atoms with Crippen LogP contribution >= 0.6 is 0 Å². The molecule has 0 spiro atoms. The third-order valence-corrected chi connectivity index (χ3v) is 7.25. The number of carbonyl (C=O) groups is 2. The predicted octanol–water partition coefficient (Wildman–Crippen LogP) is 3.44. The monoisotopic (exact) mass is 416 g/mol. The molecule has 2 aliphatic carbocycles. The fraction of sp³-hybridized carbons (Fsp3) is 0.385. The molecule has 1 heterocycles. The summed E-state index contributed by atoms with van der Waals surface area (Å²) in [4.78, 5) is 29.5. The number of nitrogens with zero attached hydrogens (tertiary/aromatic N) is 2. The van der Waals surface area contributed by atoms with E-state index in [0.29, 0.717) is 13.1 Å². The lowest BCUT2D eigenvalue weighted by atomic mass is 9.82. The molecular formula is C26H28N2O3.